The van der Waals surface area contributed by atoms with Gasteiger partial charge < -0.3 is 11.1 Å². The van der Waals surface area contributed by atoms with Crippen LogP contribution in [-0.4, -0.2) is 23.4 Å². The summed E-state index contributed by atoms with van der Waals surface area (Å²) in [5, 5.41) is 13.4. The number of nitro groups is 1. The Morgan fingerprint density at radius 1 is 1.58 bits per heavy atom. The van der Waals surface area contributed by atoms with Crippen molar-refractivity contribution in [3.8, 4) is 0 Å². The largest absolute Gasteiger partial charge is 0.348 e. The van der Waals surface area contributed by atoms with Gasteiger partial charge in [-0.1, -0.05) is 0 Å². The predicted octanol–water partition coefficient (Wildman–Crippen LogP) is 1.54. The van der Waals surface area contributed by atoms with Crippen molar-refractivity contribution in [1.29, 1.82) is 0 Å². The lowest BCUT2D eigenvalue weighted by molar-refractivity contribution is -0.385. The Bertz CT molecular complexity index is 496. The molecule has 0 unspecified atom stereocenters. The van der Waals surface area contributed by atoms with Crippen LogP contribution < -0.4 is 11.1 Å². The number of aryl methyl sites for hydroxylation is 1. The molecule has 0 aliphatic carbocycles. The van der Waals surface area contributed by atoms with Gasteiger partial charge in [-0.25, -0.2) is 4.39 Å². The zero-order chi connectivity index (χ0) is 13.9. The summed E-state index contributed by atoms with van der Waals surface area (Å²) in [5.41, 5.74) is 4.75. The Balaban J connectivity index is 0.00000324. The number of nitrogens with two attached hydrogens (primary N) is 1. The van der Waals surface area contributed by atoms with E-state index in [2.05, 4.69) is 5.32 Å². The van der Waals surface area contributed by atoms with Crippen molar-refractivity contribution in [2.45, 2.75) is 19.9 Å². The fourth-order valence-corrected chi connectivity index (χ4v) is 1.51. The van der Waals surface area contributed by atoms with Crippen molar-refractivity contribution in [2.75, 3.05) is 6.54 Å². The molecule has 1 atom stereocenters. The highest BCUT2D eigenvalue weighted by Gasteiger charge is 2.24. The Kier molecular flexibility index (Phi) is 6.37. The minimum Gasteiger partial charge on any atom is -0.348 e. The van der Waals surface area contributed by atoms with Crippen molar-refractivity contribution in [1.82, 2.24) is 5.32 Å². The lowest BCUT2D eigenvalue weighted by Gasteiger charge is -2.12. The highest BCUT2D eigenvalue weighted by Crippen LogP contribution is 2.24. The van der Waals surface area contributed by atoms with Crippen molar-refractivity contribution >= 4 is 24.0 Å². The number of rotatable bonds is 4. The van der Waals surface area contributed by atoms with E-state index in [4.69, 9.17) is 5.73 Å². The molecule has 6 nitrogen and oxygen atoms in total. The van der Waals surface area contributed by atoms with Crippen molar-refractivity contribution in [3.63, 3.8) is 0 Å². The van der Waals surface area contributed by atoms with Gasteiger partial charge in [-0.05, 0) is 26.0 Å². The second-order valence-corrected chi connectivity index (χ2v) is 3.99. The third-order valence-electron chi connectivity index (χ3n) is 2.42. The first-order valence-corrected chi connectivity index (χ1v) is 5.32. The maximum atomic E-state index is 13.2. The van der Waals surface area contributed by atoms with E-state index in [-0.39, 0.29) is 36.1 Å². The highest BCUT2D eigenvalue weighted by atomic mass is 35.5. The van der Waals surface area contributed by atoms with Gasteiger partial charge in [-0.3, -0.25) is 14.9 Å². The molecular weight excluding hydrogens is 277 g/mol. The average Bonchev–Trinajstić information content (AvgIpc) is 2.26. The number of halogens is 2. The fraction of sp³-hybridized carbons (Fsp3) is 0.364. The van der Waals surface area contributed by atoms with E-state index in [0.29, 0.717) is 0 Å². The van der Waals surface area contributed by atoms with Crippen LogP contribution in [0.3, 0.4) is 0 Å². The van der Waals surface area contributed by atoms with Gasteiger partial charge in [-0.15, -0.1) is 12.4 Å². The molecule has 0 aromatic heterocycles. The molecule has 0 heterocycles. The second-order valence-electron chi connectivity index (χ2n) is 3.99. The third-order valence-corrected chi connectivity index (χ3v) is 2.42. The maximum Gasteiger partial charge on any atom is 0.285 e. The van der Waals surface area contributed by atoms with Gasteiger partial charge in [0.15, 0.2) is 0 Å². The first-order valence-electron chi connectivity index (χ1n) is 5.32. The van der Waals surface area contributed by atoms with Crippen LogP contribution in [0.2, 0.25) is 0 Å². The van der Waals surface area contributed by atoms with Gasteiger partial charge in [-0.2, -0.15) is 0 Å². The summed E-state index contributed by atoms with van der Waals surface area (Å²) in [7, 11) is 0. The topological polar surface area (TPSA) is 98.3 Å². The molecule has 8 heteroatoms. The van der Waals surface area contributed by atoms with E-state index in [1.54, 1.807) is 6.92 Å². The van der Waals surface area contributed by atoms with Crippen LogP contribution in [0.25, 0.3) is 0 Å². The van der Waals surface area contributed by atoms with Gasteiger partial charge in [0.05, 0.1) is 4.92 Å². The summed E-state index contributed by atoms with van der Waals surface area (Å²) in [6, 6.07) is 1.52. The van der Waals surface area contributed by atoms with Crippen LogP contribution in [-0.2, 0) is 0 Å². The minimum atomic E-state index is -0.706. The van der Waals surface area contributed by atoms with Crippen LogP contribution in [0.5, 0.6) is 0 Å². The Hall–Kier alpha value is -1.73. The zero-order valence-corrected chi connectivity index (χ0v) is 11.3. The van der Waals surface area contributed by atoms with E-state index < -0.39 is 22.3 Å². The summed E-state index contributed by atoms with van der Waals surface area (Å²) in [6.45, 7) is 3.22. The second kappa shape index (κ2) is 7.01. The molecule has 106 valence electrons. The lowest BCUT2D eigenvalue weighted by atomic mass is 10.1. The number of carbonyl (C=O) groups excluding carboxylic acids is 1. The molecule has 0 saturated carbocycles. The quantitative estimate of drug-likeness (QED) is 0.649. The SMILES string of the molecule is Cc1cc(F)cc(C(=O)N[C@@H](C)CN)c1[N+](=O)[O-].Cl. The molecule has 0 saturated heterocycles. The average molecular weight is 292 g/mol. The van der Waals surface area contributed by atoms with E-state index in [1.807, 2.05) is 0 Å². The first kappa shape index (κ1) is 17.3. The standard InChI is InChI=1S/C11H14FN3O3.ClH/c1-6-3-8(12)4-9(10(6)15(17)18)11(16)14-7(2)5-13;/h3-4,7H,5,13H2,1-2H3,(H,14,16);1H/t7-;/m0./s1. The van der Waals surface area contributed by atoms with Gasteiger partial charge in [0.25, 0.3) is 11.6 Å². The Morgan fingerprint density at radius 2 is 2.16 bits per heavy atom. The highest BCUT2D eigenvalue weighted by molar-refractivity contribution is 5.98. The first-order chi connectivity index (χ1) is 8.36. The molecule has 0 aliphatic rings. The Morgan fingerprint density at radius 3 is 2.63 bits per heavy atom. The van der Waals surface area contributed by atoms with Crippen molar-refractivity contribution < 1.29 is 14.1 Å². The van der Waals surface area contributed by atoms with E-state index in [1.165, 1.54) is 6.92 Å². The van der Waals surface area contributed by atoms with Gasteiger partial charge in [0, 0.05) is 18.2 Å². The number of hydrogen-bond donors (Lipinski definition) is 2. The summed E-state index contributed by atoms with van der Waals surface area (Å²) in [6.07, 6.45) is 0. The monoisotopic (exact) mass is 291 g/mol. The van der Waals surface area contributed by atoms with Crippen LogP contribution in [0.15, 0.2) is 12.1 Å². The van der Waals surface area contributed by atoms with E-state index >= 15 is 0 Å². The Labute approximate surface area is 115 Å². The van der Waals surface area contributed by atoms with Gasteiger partial charge in [0.1, 0.15) is 11.4 Å². The number of nitrogens with one attached hydrogen (secondary N) is 1. The molecule has 0 bridgehead atoms. The molecule has 19 heavy (non-hydrogen) atoms. The van der Waals surface area contributed by atoms with Crippen LogP contribution in [0, 0.1) is 22.9 Å². The van der Waals surface area contributed by atoms with Crippen molar-refractivity contribution in [2.24, 2.45) is 5.73 Å². The summed E-state index contributed by atoms with van der Waals surface area (Å²) in [5.74, 6) is -1.40. The summed E-state index contributed by atoms with van der Waals surface area (Å²) in [4.78, 5) is 22.0. The molecular formula is C11H15ClFN3O3. The molecule has 1 amide bonds. The number of carbonyl (C=O) groups is 1. The van der Waals surface area contributed by atoms with Crippen LogP contribution in [0.4, 0.5) is 10.1 Å². The van der Waals surface area contributed by atoms with E-state index in [9.17, 15) is 19.3 Å². The maximum absolute atomic E-state index is 13.2. The van der Waals surface area contributed by atoms with Crippen LogP contribution >= 0.6 is 12.4 Å². The number of amides is 1. The molecule has 0 fully saturated rings. The van der Waals surface area contributed by atoms with E-state index in [0.717, 1.165) is 12.1 Å². The summed E-state index contributed by atoms with van der Waals surface area (Å²) >= 11 is 0. The molecule has 1 aromatic carbocycles. The number of hydrogen-bond acceptors (Lipinski definition) is 4. The smallest absolute Gasteiger partial charge is 0.285 e. The molecule has 0 spiro atoms. The minimum absolute atomic E-state index is 0. The predicted molar refractivity (Wildman–Crippen MR) is 71.0 cm³/mol. The van der Waals surface area contributed by atoms with Crippen LogP contribution in [0.1, 0.15) is 22.8 Å². The molecule has 1 aromatic rings. The molecule has 0 radical (unpaired) electrons. The molecule has 3 N–H and O–H groups in total. The zero-order valence-electron chi connectivity index (χ0n) is 10.5. The number of nitrogens with zero attached hydrogens (tertiary/aromatic N) is 1. The number of benzene rings is 1. The number of nitro benzene ring substituents is 1. The summed E-state index contributed by atoms with van der Waals surface area (Å²) < 4.78 is 13.2. The lowest BCUT2D eigenvalue weighted by Crippen LogP contribution is -2.38. The fourth-order valence-electron chi connectivity index (χ4n) is 1.51. The third kappa shape index (κ3) is 4.15. The normalized spacial score (nSPS) is 11.4. The van der Waals surface area contributed by atoms with Gasteiger partial charge >= 0.3 is 0 Å². The molecule has 1 rings (SSSR count). The molecule has 0 aliphatic heterocycles. The van der Waals surface area contributed by atoms with Gasteiger partial charge in [0.2, 0.25) is 0 Å². The van der Waals surface area contributed by atoms with Crippen molar-refractivity contribution in [3.05, 3.63) is 39.2 Å².